The molecule has 0 atom stereocenters. The van der Waals surface area contributed by atoms with Crippen molar-refractivity contribution in [2.45, 2.75) is 4.90 Å². The molecule has 32 heavy (non-hydrogen) atoms. The number of anilines is 2. The average molecular weight is 445 g/mol. The normalized spacial score (nSPS) is 10.9. The van der Waals surface area contributed by atoms with Crippen LogP contribution in [0, 0.1) is 0 Å². The van der Waals surface area contributed by atoms with E-state index in [-0.39, 0.29) is 16.1 Å². The number of carbonyl (C=O) groups excluding carboxylic acids is 1. The van der Waals surface area contributed by atoms with Crippen molar-refractivity contribution in [3.63, 3.8) is 0 Å². The van der Waals surface area contributed by atoms with Crippen LogP contribution in [0.3, 0.4) is 0 Å². The van der Waals surface area contributed by atoms with Crippen LogP contribution in [0.5, 0.6) is 11.5 Å². The van der Waals surface area contributed by atoms with Crippen LogP contribution in [0.15, 0.2) is 114 Å². The van der Waals surface area contributed by atoms with Crippen molar-refractivity contribution in [3.8, 4) is 11.5 Å². The number of hydrogen-bond donors (Lipinski definition) is 2. The lowest BCUT2D eigenvalue weighted by Crippen LogP contribution is -2.18. The minimum atomic E-state index is -3.85. The first-order valence-corrected chi connectivity index (χ1v) is 11.3. The van der Waals surface area contributed by atoms with Gasteiger partial charge in [0.1, 0.15) is 5.75 Å². The molecule has 1 amide bonds. The fraction of sp³-hybridized carbons (Fsp3) is 0. The molecule has 0 aliphatic rings. The summed E-state index contributed by atoms with van der Waals surface area (Å²) >= 11 is 0. The van der Waals surface area contributed by atoms with E-state index in [2.05, 4.69) is 10.0 Å². The Hall–Kier alpha value is -4.10. The van der Waals surface area contributed by atoms with E-state index in [0.29, 0.717) is 17.2 Å². The second-order valence-electron chi connectivity index (χ2n) is 6.83. The molecule has 4 aromatic carbocycles. The van der Waals surface area contributed by atoms with E-state index in [9.17, 15) is 13.2 Å². The summed E-state index contributed by atoms with van der Waals surface area (Å²) in [5.41, 5.74) is 0.818. The molecule has 0 heterocycles. The number of nitrogens with one attached hydrogen (secondary N) is 2. The molecule has 0 spiro atoms. The van der Waals surface area contributed by atoms with Gasteiger partial charge in [-0.1, -0.05) is 60.7 Å². The number of para-hydroxylation sites is 4. The van der Waals surface area contributed by atoms with E-state index in [1.54, 1.807) is 66.7 Å². The number of ether oxygens (including phenoxy) is 1. The molecular weight excluding hydrogens is 424 g/mol. The summed E-state index contributed by atoms with van der Waals surface area (Å²) in [6.07, 6.45) is 0. The van der Waals surface area contributed by atoms with E-state index in [1.165, 1.54) is 12.1 Å². The first kappa shape index (κ1) is 21.1. The molecule has 4 aromatic rings. The molecule has 0 saturated carbocycles. The molecule has 0 saturated heterocycles. The number of sulfonamides is 1. The first-order chi connectivity index (χ1) is 15.5. The van der Waals surface area contributed by atoms with Gasteiger partial charge in [0.15, 0.2) is 5.75 Å². The number of amides is 1. The quantitative estimate of drug-likeness (QED) is 0.392. The third kappa shape index (κ3) is 4.96. The van der Waals surface area contributed by atoms with Crippen LogP contribution >= 0.6 is 0 Å². The highest BCUT2D eigenvalue weighted by Crippen LogP contribution is 2.30. The van der Waals surface area contributed by atoms with Gasteiger partial charge in [-0.3, -0.25) is 9.52 Å². The lowest BCUT2D eigenvalue weighted by Gasteiger charge is -2.15. The number of hydrogen-bond acceptors (Lipinski definition) is 4. The Labute approximate surface area is 186 Å². The Morgan fingerprint density at radius 2 is 1.22 bits per heavy atom. The van der Waals surface area contributed by atoms with Crippen LogP contribution in [0.25, 0.3) is 0 Å². The zero-order valence-electron chi connectivity index (χ0n) is 16.9. The smallest absolute Gasteiger partial charge is 0.261 e. The van der Waals surface area contributed by atoms with Crippen LogP contribution in [-0.4, -0.2) is 14.3 Å². The summed E-state index contributed by atoms with van der Waals surface area (Å²) in [6.45, 7) is 0. The Morgan fingerprint density at radius 1 is 0.656 bits per heavy atom. The van der Waals surface area contributed by atoms with Gasteiger partial charge >= 0.3 is 0 Å². The highest BCUT2D eigenvalue weighted by molar-refractivity contribution is 7.92. The molecule has 0 fully saturated rings. The molecule has 0 aromatic heterocycles. The fourth-order valence-electron chi connectivity index (χ4n) is 3.04. The van der Waals surface area contributed by atoms with Gasteiger partial charge in [-0.05, 0) is 48.5 Å². The van der Waals surface area contributed by atoms with Crippen LogP contribution in [0.2, 0.25) is 0 Å². The van der Waals surface area contributed by atoms with E-state index in [1.807, 2.05) is 30.3 Å². The average Bonchev–Trinajstić information content (AvgIpc) is 2.82. The number of rotatable bonds is 7. The van der Waals surface area contributed by atoms with Gasteiger partial charge < -0.3 is 10.1 Å². The standard InChI is InChI=1S/C25H20N2O4S/c28-25(26-23-17-9-10-18-24(23)31-19-11-3-1-4-12-19)21-15-7-8-16-22(21)27-32(29,30)20-13-5-2-6-14-20/h1-18,27H,(H,26,28). The fourth-order valence-corrected chi connectivity index (χ4v) is 4.14. The van der Waals surface area contributed by atoms with Crippen molar-refractivity contribution in [1.82, 2.24) is 0 Å². The predicted molar refractivity (Wildman–Crippen MR) is 125 cm³/mol. The van der Waals surface area contributed by atoms with E-state index < -0.39 is 15.9 Å². The summed E-state index contributed by atoms with van der Waals surface area (Å²) < 4.78 is 33.9. The van der Waals surface area contributed by atoms with Crippen LogP contribution in [-0.2, 0) is 10.0 Å². The maximum Gasteiger partial charge on any atom is 0.261 e. The van der Waals surface area contributed by atoms with E-state index >= 15 is 0 Å². The minimum Gasteiger partial charge on any atom is -0.455 e. The zero-order chi connectivity index (χ0) is 22.4. The highest BCUT2D eigenvalue weighted by Gasteiger charge is 2.19. The van der Waals surface area contributed by atoms with Crippen molar-refractivity contribution in [2.24, 2.45) is 0 Å². The summed E-state index contributed by atoms with van der Waals surface area (Å²) in [4.78, 5) is 13.2. The maximum atomic E-state index is 13.1. The van der Waals surface area contributed by atoms with Crippen molar-refractivity contribution in [3.05, 3.63) is 115 Å². The molecular formula is C25H20N2O4S. The number of carbonyl (C=O) groups is 1. The Morgan fingerprint density at radius 3 is 1.94 bits per heavy atom. The zero-order valence-corrected chi connectivity index (χ0v) is 17.8. The molecule has 6 nitrogen and oxygen atoms in total. The van der Waals surface area contributed by atoms with Gasteiger partial charge in [0.25, 0.3) is 15.9 Å². The largest absolute Gasteiger partial charge is 0.455 e. The molecule has 0 aliphatic heterocycles. The highest BCUT2D eigenvalue weighted by atomic mass is 32.2. The molecule has 0 aliphatic carbocycles. The van der Waals surface area contributed by atoms with Crippen LogP contribution in [0.4, 0.5) is 11.4 Å². The third-order valence-electron chi connectivity index (χ3n) is 4.58. The summed E-state index contributed by atoms with van der Waals surface area (Å²) in [6, 6.07) is 30.7. The van der Waals surface area contributed by atoms with Crippen molar-refractivity contribution in [1.29, 1.82) is 0 Å². The van der Waals surface area contributed by atoms with Gasteiger partial charge in [0.2, 0.25) is 0 Å². The van der Waals surface area contributed by atoms with E-state index in [4.69, 9.17) is 4.74 Å². The molecule has 2 N–H and O–H groups in total. The van der Waals surface area contributed by atoms with Crippen LogP contribution in [0.1, 0.15) is 10.4 Å². The van der Waals surface area contributed by atoms with Gasteiger partial charge in [-0.15, -0.1) is 0 Å². The molecule has 0 bridgehead atoms. The second-order valence-corrected chi connectivity index (χ2v) is 8.51. The van der Waals surface area contributed by atoms with Gasteiger partial charge in [0.05, 0.1) is 21.8 Å². The van der Waals surface area contributed by atoms with Gasteiger partial charge in [-0.2, -0.15) is 0 Å². The van der Waals surface area contributed by atoms with Crippen LogP contribution < -0.4 is 14.8 Å². The lowest BCUT2D eigenvalue weighted by molar-refractivity contribution is 0.102. The third-order valence-corrected chi connectivity index (χ3v) is 5.96. The second kappa shape index (κ2) is 9.36. The van der Waals surface area contributed by atoms with Crippen molar-refractivity contribution in [2.75, 3.05) is 10.0 Å². The SMILES string of the molecule is O=C(Nc1ccccc1Oc1ccccc1)c1ccccc1NS(=O)(=O)c1ccccc1. The van der Waals surface area contributed by atoms with E-state index in [0.717, 1.165) is 0 Å². The minimum absolute atomic E-state index is 0.108. The summed E-state index contributed by atoms with van der Waals surface area (Å²) in [5, 5.41) is 2.81. The Balaban J connectivity index is 1.58. The van der Waals surface area contributed by atoms with Crippen molar-refractivity contribution < 1.29 is 17.9 Å². The lowest BCUT2D eigenvalue weighted by atomic mass is 10.1. The van der Waals surface area contributed by atoms with Gasteiger partial charge in [-0.25, -0.2) is 8.42 Å². The monoisotopic (exact) mass is 444 g/mol. The molecule has 0 radical (unpaired) electrons. The molecule has 160 valence electrons. The first-order valence-electron chi connectivity index (χ1n) is 9.83. The predicted octanol–water partition coefficient (Wildman–Crippen LogP) is 5.53. The molecule has 0 unspecified atom stereocenters. The van der Waals surface area contributed by atoms with Gasteiger partial charge in [0, 0.05) is 0 Å². The maximum absolute atomic E-state index is 13.1. The summed E-state index contributed by atoms with van der Waals surface area (Å²) in [5.74, 6) is 0.625. The Kier molecular flexibility index (Phi) is 6.19. The summed E-state index contributed by atoms with van der Waals surface area (Å²) in [7, 11) is -3.85. The molecule has 4 rings (SSSR count). The topological polar surface area (TPSA) is 84.5 Å². The Bertz CT molecular complexity index is 1320. The van der Waals surface area contributed by atoms with Crippen molar-refractivity contribution >= 4 is 27.3 Å². The number of benzene rings is 4. The molecule has 7 heteroatoms.